The normalized spacial score (nSPS) is 12.5. The van der Waals surface area contributed by atoms with Crippen molar-refractivity contribution in [2.75, 3.05) is 32.7 Å². The molecule has 0 saturated carbocycles. The molecule has 10 heteroatoms. The first-order valence-electron chi connectivity index (χ1n) is 11.8. The van der Waals surface area contributed by atoms with Gasteiger partial charge in [-0.3, -0.25) is 14.6 Å². The van der Waals surface area contributed by atoms with Crippen LogP contribution in [0.15, 0.2) is 35.3 Å². The Balaban J connectivity index is 2.49. The minimum absolute atomic E-state index is 0.0502. The Morgan fingerprint density at radius 3 is 2.33 bits per heavy atom. The molecule has 0 saturated heterocycles. The first-order chi connectivity index (χ1) is 15.9. The van der Waals surface area contributed by atoms with E-state index in [0.29, 0.717) is 38.9 Å². The maximum absolute atomic E-state index is 12.8. The van der Waals surface area contributed by atoms with Crippen LogP contribution in [0.1, 0.15) is 44.1 Å². The summed E-state index contributed by atoms with van der Waals surface area (Å²) < 4.78 is 0. The van der Waals surface area contributed by atoms with E-state index in [0.717, 1.165) is 44.3 Å². The molecule has 0 aliphatic heterocycles. The standard InChI is InChI=1S/C23H42N8O2/c24-12-5-7-13-28-14-8-16-29-22(33)20(17-18-9-2-1-3-10-18)31-21(32)19(25)11-4-6-15-30-23(26)27/h1-3,9-10,19-20,28H,4-8,11-17,24-25H2,(H,29,33)(H,31,32)(H4,26,27,30). The summed E-state index contributed by atoms with van der Waals surface area (Å²) in [5, 5.41) is 9.09. The summed E-state index contributed by atoms with van der Waals surface area (Å²) in [6, 6.07) is 8.20. The number of guanidine groups is 1. The van der Waals surface area contributed by atoms with Crippen LogP contribution >= 0.6 is 0 Å². The monoisotopic (exact) mass is 462 g/mol. The Morgan fingerprint density at radius 2 is 1.64 bits per heavy atom. The molecule has 1 aromatic carbocycles. The van der Waals surface area contributed by atoms with E-state index in [1.165, 1.54) is 0 Å². The van der Waals surface area contributed by atoms with Crippen molar-refractivity contribution in [3.05, 3.63) is 35.9 Å². The van der Waals surface area contributed by atoms with Crippen molar-refractivity contribution in [3.8, 4) is 0 Å². The second-order valence-corrected chi connectivity index (χ2v) is 8.05. The van der Waals surface area contributed by atoms with E-state index in [9.17, 15) is 9.59 Å². The van der Waals surface area contributed by atoms with Crippen LogP contribution in [-0.4, -0.2) is 62.6 Å². The highest BCUT2D eigenvalue weighted by molar-refractivity contribution is 5.89. The molecular formula is C23H42N8O2. The number of nitrogens with one attached hydrogen (secondary N) is 3. The van der Waals surface area contributed by atoms with Gasteiger partial charge >= 0.3 is 0 Å². The van der Waals surface area contributed by atoms with Gasteiger partial charge in [-0.15, -0.1) is 0 Å². The topological polar surface area (TPSA) is 187 Å². The van der Waals surface area contributed by atoms with Crippen LogP contribution in [0.5, 0.6) is 0 Å². The van der Waals surface area contributed by atoms with E-state index in [-0.39, 0.29) is 17.8 Å². The summed E-state index contributed by atoms with van der Waals surface area (Å²) >= 11 is 0. The summed E-state index contributed by atoms with van der Waals surface area (Å²) in [4.78, 5) is 29.3. The van der Waals surface area contributed by atoms with Crippen LogP contribution in [0.25, 0.3) is 0 Å². The van der Waals surface area contributed by atoms with Gasteiger partial charge in [0.15, 0.2) is 5.96 Å². The number of nitrogens with zero attached hydrogens (tertiary/aromatic N) is 1. The lowest BCUT2D eigenvalue weighted by Gasteiger charge is -2.21. The van der Waals surface area contributed by atoms with Crippen molar-refractivity contribution in [2.45, 2.75) is 57.0 Å². The lowest BCUT2D eigenvalue weighted by Crippen LogP contribution is -2.52. The second-order valence-electron chi connectivity index (χ2n) is 8.05. The molecule has 0 aliphatic rings. The molecule has 10 nitrogen and oxygen atoms in total. The maximum atomic E-state index is 12.8. The number of amides is 2. The molecule has 0 aromatic heterocycles. The van der Waals surface area contributed by atoms with E-state index in [4.69, 9.17) is 22.9 Å². The lowest BCUT2D eigenvalue weighted by atomic mass is 10.0. The number of benzene rings is 1. The Morgan fingerprint density at radius 1 is 0.909 bits per heavy atom. The first-order valence-corrected chi connectivity index (χ1v) is 11.8. The van der Waals surface area contributed by atoms with Crippen LogP contribution in [0, 0.1) is 0 Å². The maximum Gasteiger partial charge on any atom is 0.242 e. The number of hydrogen-bond acceptors (Lipinski definition) is 6. The van der Waals surface area contributed by atoms with Crippen LogP contribution in [-0.2, 0) is 16.0 Å². The second kappa shape index (κ2) is 17.8. The third kappa shape index (κ3) is 14.1. The average Bonchev–Trinajstić information content (AvgIpc) is 2.80. The zero-order valence-electron chi connectivity index (χ0n) is 19.6. The Bertz CT molecular complexity index is 695. The van der Waals surface area contributed by atoms with Gasteiger partial charge < -0.3 is 38.9 Å². The minimum Gasteiger partial charge on any atom is -0.370 e. The first kappa shape index (κ1) is 28.3. The SMILES string of the molecule is NCCCCNCCCNC(=O)C(Cc1ccccc1)NC(=O)C(N)CCCCN=C(N)N. The van der Waals surface area contributed by atoms with Crippen LogP contribution in [0.2, 0.25) is 0 Å². The van der Waals surface area contributed by atoms with Gasteiger partial charge in [-0.2, -0.15) is 0 Å². The predicted molar refractivity (Wildman–Crippen MR) is 133 cm³/mol. The molecule has 0 radical (unpaired) electrons. The lowest BCUT2D eigenvalue weighted by molar-refractivity contribution is -0.129. The summed E-state index contributed by atoms with van der Waals surface area (Å²) in [5.74, 6) is -0.501. The molecule has 0 fully saturated rings. The fourth-order valence-corrected chi connectivity index (χ4v) is 3.22. The minimum atomic E-state index is -0.701. The molecule has 11 N–H and O–H groups in total. The van der Waals surface area contributed by atoms with Gasteiger partial charge in [0.05, 0.1) is 6.04 Å². The van der Waals surface area contributed by atoms with Crippen molar-refractivity contribution in [3.63, 3.8) is 0 Å². The molecule has 2 unspecified atom stereocenters. The van der Waals surface area contributed by atoms with Gasteiger partial charge in [0.25, 0.3) is 0 Å². The van der Waals surface area contributed by atoms with Crippen LogP contribution < -0.4 is 38.9 Å². The summed E-state index contributed by atoms with van der Waals surface area (Å²) in [7, 11) is 0. The van der Waals surface area contributed by atoms with Crippen molar-refractivity contribution < 1.29 is 9.59 Å². The van der Waals surface area contributed by atoms with E-state index < -0.39 is 12.1 Å². The number of aliphatic imine (C=N–C) groups is 1. The highest BCUT2D eigenvalue weighted by Crippen LogP contribution is 2.05. The molecule has 0 heterocycles. The molecule has 1 rings (SSSR count). The smallest absolute Gasteiger partial charge is 0.242 e. The van der Waals surface area contributed by atoms with Crippen molar-refractivity contribution in [1.29, 1.82) is 0 Å². The molecule has 2 atom stereocenters. The fraction of sp³-hybridized carbons (Fsp3) is 0.609. The van der Waals surface area contributed by atoms with Crippen molar-refractivity contribution in [2.24, 2.45) is 27.9 Å². The molecule has 186 valence electrons. The third-order valence-corrected chi connectivity index (χ3v) is 5.11. The molecule has 0 spiro atoms. The number of unbranched alkanes of at least 4 members (excludes halogenated alkanes) is 2. The van der Waals surface area contributed by atoms with Gasteiger partial charge in [0, 0.05) is 19.5 Å². The Hall–Kier alpha value is -2.69. The highest BCUT2D eigenvalue weighted by atomic mass is 16.2. The quantitative estimate of drug-likeness (QED) is 0.0855. The van der Waals surface area contributed by atoms with E-state index in [1.807, 2.05) is 30.3 Å². The van der Waals surface area contributed by atoms with Gasteiger partial charge in [0.1, 0.15) is 6.04 Å². The van der Waals surface area contributed by atoms with Crippen LogP contribution in [0.4, 0.5) is 0 Å². The number of nitrogens with two attached hydrogens (primary N) is 4. The van der Waals surface area contributed by atoms with Gasteiger partial charge in [-0.05, 0) is 63.7 Å². The molecule has 0 bridgehead atoms. The summed E-state index contributed by atoms with van der Waals surface area (Å²) in [5.41, 5.74) is 23.1. The molecule has 33 heavy (non-hydrogen) atoms. The number of rotatable bonds is 18. The zero-order valence-corrected chi connectivity index (χ0v) is 19.6. The van der Waals surface area contributed by atoms with Crippen LogP contribution in [0.3, 0.4) is 0 Å². The van der Waals surface area contributed by atoms with Gasteiger partial charge in [-0.1, -0.05) is 30.3 Å². The number of carbonyl (C=O) groups excluding carboxylic acids is 2. The van der Waals surface area contributed by atoms with Gasteiger partial charge in [0.2, 0.25) is 11.8 Å². The van der Waals surface area contributed by atoms with E-state index >= 15 is 0 Å². The zero-order chi connectivity index (χ0) is 24.3. The molecule has 2 amide bonds. The number of hydrogen-bond donors (Lipinski definition) is 7. The third-order valence-electron chi connectivity index (χ3n) is 5.11. The molecular weight excluding hydrogens is 420 g/mol. The summed E-state index contributed by atoms with van der Waals surface area (Å²) in [6.07, 6.45) is 5.17. The average molecular weight is 463 g/mol. The fourth-order valence-electron chi connectivity index (χ4n) is 3.22. The molecule has 0 aliphatic carbocycles. The van der Waals surface area contributed by atoms with Crippen molar-refractivity contribution in [1.82, 2.24) is 16.0 Å². The van der Waals surface area contributed by atoms with Gasteiger partial charge in [-0.25, -0.2) is 0 Å². The van der Waals surface area contributed by atoms with E-state index in [1.54, 1.807) is 0 Å². The molecule has 1 aromatic rings. The highest BCUT2D eigenvalue weighted by Gasteiger charge is 2.23. The Kier molecular flexibility index (Phi) is 15.3. The Labute approximate surface area is 197 Å². The predicted octanol–water partition coefficient (Wildman–Crippen LogP) is -0.680. The largest absolute Gasteiger partial charge is 0.370 e. The van der Waals surface area contributed by atoms with Crippen molar-refractivity contribution >= 4 is 17.8 Å². The number of carbonyl (C=O) groups is 2. The summed E-state index contributed by atoms with van der Waals surface area (Å²) in [6.45, 7) is 3.46. The van der Waals surface area contributed by atoms with E-state index in [2.05, 4.69) is 20.9 Å².